The predicted molar refractivity (Wildman–Crippen MR) is 96.1 cm³/mol. The van der Waals surface area contributed by atoms with Gasteiger partial charge < -0.3 is 5.32 Å². The fourth-order valence-corrected chi connectivity index (χ4v) is 2.88. The zero-order valence-corrected chi connectivity index (χ0v) is 14.4. The second-order valence-corrected chi connectivity index (χ2v) is 6.17. The van der Waals surface area contributed by atoms with Crippen LogP contribution in [0, 0.1) is 20.8 Å². The number of benzene rings is 2. The van der Waals surface area contributed by atoms with Crippen LogP contribution in [0.25, 0.3) is 0 Å². The number of anilines is 2. The average Bonchev–Trinajstić information content (AvgIpc) is 2.76. The number of para-hydroxylation sites is 1. The highest BCUT2D eigenvalue weighted by Crippen LogP contribution is 2.32. The molecule has 2 aromatic carbocycles. The van der Waals surface area contributed by atoms with Crippen molar-refractivity contribution in [3.8, 4) is 0 Å². The van der Waals surface area contributed by atoms with Crippen LogP contribution in [0.15, 0.2) is 53.2 Å². The van der Waals surface area contributed by atoms with E-state index in [2.05, 4.69) is 5.32 Å². The Hall–Kier alpha value is -2.59. The van der Waals surface area contributed by atoms with E-state index in [0.29, 0.717) is 5.69 Å². The number of carbonyl (C=O) groups is 2. The largest absolute Gasteiger partial charge is 0.349 e. The monoisotopic (exact) mass is 340 g/mol. The topological polar surface area (TPSA) is 49.4 Å². The number of nitrogens with zero attached hydrogens (tertiary/aromatic N) is 1. The number of amides is 2. The molecule has 4 nitrogen and oxygen atoms in total. The van der Waals surface area contributed by atoms with Gasteiger partial charge in [0.1, 0.15) is 10.7 Å². The van der Waals surface area contributed by atoms with E-state index in [1.807, 2.05) is 51.1 Å². The van der Waals surface area contributed by atoms with Gasteiger partial charge in [0.15, 0.2) is 0 Å². The molecule has 0 unspecified atom stereocenters. The zero-order valence-electron chi connectivity index (χ0n) is 13.7. The molecule has 0 radical (unpaired) electrons. The van der Waals surface area contributed by atoms with Gasteiger partial charge in [0.25, 0.3) is 11.8 Å². The van der Waals surface area contributed by atoms with Crippen molar-refractivity contribution in [1.29, 1.82) is 0 Å². The molecule has 3 rings (SSSR count). The summed E-state index contributed by atoms with van der Waals surface area (Å²) >= 11 is 6.17. The molecule has 0 spiro atoms. The van der Waals surface area contributed by atoms with E-state index < -0.39 is 11.8 Å². The highest BCUT2D eigenvalue weighted by Gasteiger charge is 2.39. The number of imide groups is 1. The van der Waals surface area contributed by atoms with Gasteiger partial charge in [-0.3, -0.25) is 9.59 Å². The summed E-state index contributed by atoms with van der Waals surface area (Å²) in [5.41, 5.74) is 4.34. The molecule has 0 saturated carbocycles. The maximum Gasteiger partial charge on any atom is 0.283 e. The van der Waals surface area contributed by atoms with Crippen molar-refractivity contribution in [2.45, 2.75) is 20.8 Å². The van der Waals surface area contributed by atoms with Gasteiger partial charge in [-0.2, -0.15) is 0 Å². The first kappa shape index (κ1) is 16.3. The molecule has 0 aromatic heterocycles. The average molecular weight is 341 g/mol. The molecule has 1 N–H and O–H groups in total. The van der Waals surface area contributed by atoms with Crippen molar-refractivity contribution < 1.29 is 9.59 Å². The van der Waals surface area contributed by atoms with Gasteiger partial charge in [-0.15, -0.1) is 0 Å². The lowest BCUT2D eigenvalue weighted by Gasteiger charge is -2.17. The molecule has 1 heterocycles. The van der Waals surface area contributed by atoms with Crippen molar-refractivity contribution >= 4 is 34.8 Å². The Kier molecular flexibility index (Phi) is 4.16. The van der Waals surface area contributed by atoms with Crippen LogP contribution in [0.4, 0.5) is 11.4 Å². The first-order chi connectivity index (χ1) is 11.4. The fraction of sp³-hybridized carbons (Fsp3) is 0.158. The third-order valence-corrected chi connectivity index (χ3v) is 4.60. The molecular weight excluding hydrogens is 324 g/mol. The maximum atomic E-state index is 12.8. The van der Waals surface area contributed by atoms with E-state index in [-0.39, 0.29) is 10.7 Å². The van der Waals surface area contributed by atoms with Gasteiger partial charge in [-0.05, 0) is 49.6 Å². The number of nitrogens with one attached hydrogen (secondary N) is 1. The molecule has 0 bridgehead atoms. The third-order valence-electron chi connectivity index (χ3n) is 4.25. The highest BCUT2D eigenvalue weighted by atomic mass is 35.5. The van der Waals surface area contributed by atoms with E-state index >= 15 is 0 Å². The smallest absolute Gasteiger partial charge is 0.283 e. The Morgan fingerprint density at radius 3 is 2.25 bits per heavy atom. The summed E-state index contributed by atoms with van der Waals surface area (Å²) in [4.78, 5) is 26.4. The number of aryl methyl sites for hydroxylation is 2. The highest BCUT2D eigenvalue weighted by molar-refractivity contribution is 6.53. The standard InChI is InChI=1S/C19H17ClN2O2/c1-11-8-6-9-14(13(11)3)21-17-16(20)18(23)22(19(17)24)15-10-5-4-7-12(15)2/h4-10,21H,1-3H3. The molecule has 2 amide bonds. The number of halogens is 1. The Balaban J connectivity index is 1.98. The summed E-state index contributed by atoms with van der Waals surface area (Å²) < 4.78 is 0. The predicted octanol–water partition coefficient (Wildman–Crippen LogP) is 4.05. The van der Waals surface area contributed by atoms with Gasteiger partial charge in [-0.1, -0.05) is 41.9 Å². The normalized spacial score (nSPS) is 14.6. The molecule has 0 atom stereocenters. The summed E-state index contributed by atoms with van der Waals surface area (Å²) in [7, 11) is 0. The van der Waals surface area contributed by atoms with Crippen molar-refractivity contribution in [2.75, 3.05) is 10.2 Å². The second-order valence-electron chi connectivity index (χ2n) is 5.79. The van der Waals surface area contributed by atoms with E-state index in [1.165, 1.54) is 0 Å². The van der Waals surface area contributed by atoms with Crippen LogP contribution in [-0.4, -0.2) is 11.8 Å². The Labute approximate surface area is 145 Å². The number of rotatable bonds is 3. The molecule has 0 fully saturated rings. The van der Waals surface area contributed by atoms with E-state index in [4.69, 9.17) is 11.6 Å². The number of carbonyl (C=O) groups excluding carboxylic acids is 2. The minimum Gasteiger partial charge on any atom is -0.349 e. The summed E-state index contributed by atoms with van der Waals surface area (Å²) in [6.07, 6.45) is 0. The lowest BCUT2D eigenvalue weighted by molar-refractivity contribution is -0.120. The molecule has 122 valence electrons. The minimum absolute atomic E-state index is 0.0934. The lowest BCUT2D eigenvalue weighted by atomic mass is 10.1. The summed E-state index contributed by atoms with van der Waals surface area (Å²) in [6, 6.07) is 12.9. The summed E-state index contributed by atoms with van der Waals surface area (Å²) in [6.45, 7) is 5.78. The van der Waals surface area contributed by atoms with Crippen molar-refractivity contribution in [1.82, 2.24) is 0 Å². The SMILES string of the molecule is Cc1ccccc1N1C(=O)C(Cl)=C(Nc2cccc(C)c2C)C1=O. The van der Waals surface area contributed by atoms with E-state index in [1.54, 1.807) is 12.1 Å². The van der Waals surface area contributed by atoms with Crippen molar-refractivity contribution in [2.24, 2.45) is 0 Å². The van der Waals surface area contributed by atoms with Crippen LogP contribution in [0.2, 0.25) is 0 Å². The van der Waals surface area contributed by atoms with Gasteiger partial charge in [0.05, 0.1) is 5.69 Å². The van der Waals surface area contributed by atoms with Crippen molar-refractivity contribution in [3.05, 3.63) is 69.9 Å². The van der Waals surface area contributed by atoms with Crippen LogP contribution in [0.5, 0.6) is 0 Å². The molecule has 5 heteroatoms. The van der Waals surface area contributed by atoms with Gasteiger partial charge in [0.2, 0.25) is 0 Å². The zero-order chi connectivity index (χ0) is 17.4. The first-order valence-electron chi connectivity index (χ1n) is 7.59. The molecule has 0 saturated heterocycles. The van der Waals surface area contributed by atoms with Crippen LogP contribution in [-0.2, 0) is 9.59 Å². The maximum absolute atomic E-state index is 12.8. The van der Waals surface area contributed by atoms with Crippen LogP contribution in [0.3, 0.4) is 0 Å². The van der Waals surface area contributed by atoms with E-state index in [0.717, 1.165) is 27.3 Å². The number of hydrogen-bond acceptors (Lipinski definition) is 3. The van der Waals surface area contributed by atoms with E-state index in [9.17, 15) is 9.59 Å². The molecule has 2 aromatic rings. The third kappa shape index (κ3) is 2.59. The van der Waals surface area contributed by atoms with Gasteiger partial charge in [-0.25, -0.2) is 4.90 Å². The quantitative estimate of drug-likeness (QED) is 0.858. The van der Waals surface area contributed by atoms with Crippen LogP contribution in [0.1, 0.15) is 16.7 Å². The van der Waals surface area contributed by atoms with Gasteiger partial charge >= 0.3 is 0 Å². The van der Waals surface area contributed by atoms with Crippen molar-refractivity contribution in [3.63, 3.8) is 0 Å². The Bertz CT molecular complexity index is 887. The molecule has 1 aliphatic heterocycles. The Morgan fingerprint density at radius 1 is 0.875 bits per heavy atom. The summed E-state index contributed by atoms with van der Waals surface area (Å²) in [5.74, 6) is -0.955. The summed E-state index contributed by atoms with van der Waals surface area (Å²) in [5, 5.41) is 2.94. The first-order valence-corrected chi connectivity index (χ1v) is 7.97. The fourth-order valence-electron chi connectivity index (χ4n) is 2.67. The molecule has 24 heavy (non-hydrogen) atoms. The molecule has 1 aliphatic rings. The lowest BCUT2D eigenvalue weighted by Crippen LogP contribution is -2.32. The number of hydrogen-bond donors (Lipinski definition) is 1. The molecule has 0 aliphatic carbocycles. The van der Waals surface area contributed by atoms with Crippen LogP contribution < -0.4 is 10.2 Å². The second kappa shape index (κ2) is 6.13. The molecular formula is C19H17ClN2O2. The van der Waals surface area contributed by atoms with Gasteiger partial charge in [0, 0.05) is 5.69 Å². The van der Waals surface area contributed by atoms with Crippen LogP contribution >= 0.6 is 11.6 Å². The Morgan fingerprint density at radius 2 is 1.54 bits per heavy atom. The minimum atomic E-state index is -0.510.